The summed E-state index contributed by atoms with van der Waals surface area (Å²) >= 11 is 2.82. The monoisotopic (exact) mass is 334 g/mol. The number of ether oxygens (including phenoxy) is 2. The van der Waals surface area contributed by atoms with Crippen LogP contribution in [0.2, 0.25) is 0 Å². The molecule has 3 aromatic rings. The van der Waals surface area contributed by atoms with E-state index in [2.05, 4.69) is 20.5 Å². The number of anilines is 1. The van der Waals surface area contributed by atoms with Crippen molar-refractivity contribution in [1.82, 2.24) is 15.2 Å². The molecule has 0 radical (unpaired) electrons. The molecule has 0 spiro atoms. The Hall–Kier alpha value is -2.39. The van der Waals surface area contributed by atoms with Gasteiger partial charge < -0.3 is 9.47 Å². The fourth-order valence-corrected chi connectivity index (χ4v) is 3.51. The zero-order valence-corrected chi connectivity index (χ0v) is 12.8. The van der Waals surface area contributed by atoms with Crippen LogP contribution in [0.3, 0.4) is 0 Å². The summed E-state index contributed by atoms with van der Waals surface area (Å²) in [6.07, 6.45) is 0. The molecular weight excluding hydrogens is 324 g/mol. The fourth-order valence-electron chi connectivity index (χ4n) is 2.02. The average molecular weight is 334 g/mol. The molecule has 7 nitrogen and oxygen atoms in total. The van der Waals surface area contributed by atoms with Gasteiger partial charge in [-0.3, -0.25) is 15.2 Å². The smallest absolute Gasteiger partial charge is 0.272 e. The van der Waals surface area contributed by atoms with Gasteiger partial charge in [0.1, 0.15) is 18.1 Å². The summed E-state index contributed by atoms with van der Waals surface area (Å²) < 4.78 is 10.9. The summed E-state index contributed by atoms with van der Waals surface area (Å²) in [6, 6.07) is 3.85. The number of nitrogens with one attached hydrogen (secondary N) is 2. The highest BCUT2D eigenvalue weighted by Gasteiger charge is 2.24. The first kappa shape index (κ1) is 13.3. The maximum atomic E-state index is 12.3. The normalized spacial score (nSPS) is 13.1. The first-order valence-corrected chi connectivity index (χ1v) is 8.22. The molecule has 0 bridgehead atoms. The third kappa shape index (κ3) is 2.34. The molecule has 0 unspecified atom stereocenters. The second kappa shape index (κ2) is 5.43. The third-order valence-corrected chi connectivity index (χ3v) is 4.79. The van der Waals surface area contributed by atoms with Crippen molar-refractivity contribution in [2.24, 2.45) is 0 Å². The van der Waals surface area contributed by atoms with Crippen LogP contribution < -0.4 is 14.8 Å². The number of aromatic amines is 1. The van der Waals surface area contributed by atoms with Crippen molar-refractivity contribution in [1.29, 1.82) is 0 Å². The van der Waals surface area contributed by atoms with Gasteiger partial charge in [0.05, 0.1) is 4.88 Å². The van der Waals surface area contributed by atoms with E-state index in [9.17, 15) is 4.79 Å². The number of amides is 1. The van der Waals surface area contributed by atoms with Crippen LogP contribution in [0.1, 0.15) is 9.67 Å². The molecule has 4 rings (SSSR count). The minimum absolute atomic E-state index is 0.229. The van der Waals surface area contributed by atoms with Crippen LogP contribution in [0.25, 0.3) is 10.7 Å². The van der Waals surface area contributed by atoms with E-state index < -0.39 is 0 Å². The number of hydrogen-bond donors (Lipinski definition) is 2. The van der Waals surface area contributed by atoms with E-state index in [-0.39, 0.29) is 11.9 Å². The first-order chi connectivity index (χ1) is 10.8. The summed E-state index contributed by atoms with van der Waals surface area (Å²) in [5.74, 6) is 1.64. The van der Waals surface area contributed by atoms with Crippen molar-refractivity contribution in [3.8, 4) is 22.2 Å². The molecular formula is C13H10N4O3S2. The lowest BCUT2D eigenvalue weighted by atomic mass is 10.3. The molecule has 1 aliphatic rings. The predicted octanol–water partition coefficient (Wildman–Crippen LogP) is 2.62. The van der Waals surface area contributed by atoms with Gasteiger partial charge in [-0.2, -0.15) is 4.98 Å². The lowest BCUT2D eigenvalue weighted by Crippen LogP contribution is -2.18. The predicted molar refractivity (Wildman–Crippen MR) is 83.0 cm³/mol. The number of hydrogen-bond acceptors (Lipinski definition) is 7. The Labute approximate surface area is 132 Å². The van der Waals surface area contributed by atoms with Crippen molar-refractivity contribution in [2.75, 3.05) is 18.5 Å². The molecule has 0 atom stereocenters. The maximum absolute atomic E-state index is 12.3. The average Bonchev–Trinajstić information content (AvgIpc) is 3.27. The van der Waals surface area contributed by atoms with E-state index >= 15 is 0 Å². The zero-order valence-electron chi connectivity index (χ0n) is 11.2. The van der Waals surface area contributed by atoms with Crippen molar-refractivity contribution in [3.05, 3.63) is 27.8 Å². The number of aromatic nitrogens is 3. The lowest BCUT2D eigenvalue weighted by molar-refractivity contribution is 0.102. The van der Waals surface area contributed by atoms with Crippen LogP contribution in [-0.2, 0) is 0 Å². The van der Waals surface area contributed by atoms with Crippen LogP contribution in [0.5, 0.6) is 11.5 Å². The van der Waals surface area contributed by atoms with Gasteiger partial charge in [0, 0.05) is 5.38 Å². The summed E-state index contributed by atoms with van der Waals surface area (Å²) in [7, 11) is 0. The number of thiophene rings is 2. The van der Waals surface area contributed by atoms with E-state index in [0.29, 0.717) is 35.4 Å². The van der Waals surface area contributed by atoms with Crippen molar-refractivity contribution in [3.63, 3.8) is 0 Å². The van der Waals surface area contributed by atoms with E-state index in [0.717, 1.165) is 4.88 Å². The van der Waals surface area contributed by atoms with E-state index in [4.69, 9.17) is 9.47 Å². The van der Waals surface area contributed by atoms with Crippen molar-refractivity contribution in [2.45, 2.75) is 0 Å². The Morgan fingerprint density at radius 1 is 1.32 bits per heavy atom. The SMILES string of the molecule is O=C(Nc1n[nH]c(-c2cccs2)n1)c1scc2c1OCCO2. The molecule has 9 heteroatoms. The molecule has 0 saturated heterocycles. The maximum Gasteiger partial charge on any atom is 0.272 e. The van der Waals surface area contributed by atoms with Crippen LogP contribution in [-0.4, -0.2) is 34.3 Å². The molecule has 2 N–H and O–H groups in total. The molecule has 0 aromatic carbocycles. The van der Waals surface area contributed by atoms with Crippen LogP contribution in [0, 0.1) is 0 Å². The Bertz CT molecular complexity index is 809. The zero-order chi connectivity index (χ0) is 14.9. The topological polar surface area (TPSA) is 89.1 Å². The lowest BCUT2D eigenvalue weighted by Gasteiger charge is -2.15. The second-order valence-electron chi connectivity index (χ2n) is 4.39. The van der Waals surface area contributed by atoms with E-state index in [1.54, 1.807) is 16.7 Å². The van der Waals surface area contributed by atoms with Gasteiger partial charge in [-0.05, 0) is 11.4 Å². The number of carbonyl (C=O) groups is 1. The third-order valence-electron chi connectivity index (χ3n) is 2.97. The minimum atomic E-state index is -0.312. The molecule has 112 valence electrons. The summed E-state index contributed by atoms with van der Waals surface area (Å²) in [4.78, 5) is 18.0. The van der Waals surface area contributed by atoms with Gasteiger partial charge in [-0.25, -0.2) is 0 Å². The van der Waals surface area contributed by atoms with Gasteiger partial charge in [-0.1, -0.05) is 6.07 Å². The van der Waals surface area contributed by atoms with Gasteiger partial charge in [-0.15, -0.1) is 27.8 Å². The highest BCUT2D eigenvalue weighted by atomic mass is 32.1. The standard InChI is InChI=1S/C13H10N4O3S2/c18-12(10-9-7(6-22-10)19-3-4-20-9)15-13-14-11(16-17-13)8-2-1-5-21-8/h1-2,5-6H,3-4H2,(H2,14,15,16,17,18). The fraction of sp³-hybridized carbons (Fsp3) is 0.154. The van der Waals surface area contributed by atoms with Gasteiger partial charge >= 0.3 is 0 Å². The number of carbonyl (C=O) groups excluding carboxylic acids is 1. The number of nitrogens with zero attached hydrogens (tertiary/aromatic N) is 2. The highest BCUT2D eigenvalue weighted by molar-refractivity contribution is 7.13. The minimum Gasteiger partial charge on any atom is -0.485 e. The van der Waals surface area contributed by atoms with Gasteiger partial charge in [0.2, 0.25) is 5.95 Å². The Morgan fingerprint density at radius 2 is 2.23 bits per heavy atom. The summed E-state index contributed by atoms with van der Waals surface area (Å²) in [6.45, 7) is 0.934. The number of fused-ring (bicyclic) bond motifs is 1. The quantitative estimate of drug-likeness (QED) is 0.768. The molecule has 0 saturated carbocycles. The largest absolute Gasteiger partial charge is 0.485 e. The van der Waals surface area contributed by atoms with Gasteiger partial charge in [0.25, 0.3) is 5.91 Å². The molecule has 1 amide bonds. The summed E-state index contributed by atoms with van der Waals surface area (Å²) in [5.41, 5.74) is 0. The van der Waals surface area contributed by atoms with Crippen LogP contribution >= 0.6 is 22.7 Å². The molecule has 4 heterocycles. The highest BCUT2D eigenvalue weighted by Crippen LogP contribution is 2.39. The Morgan fingerprint density at radius 3 is 3.09 bits per heavy atom. The van der Waals surface area contributed by atoms with Crippen molar-refractivity contribution < 1.29 is 14.3 Å². The van der Waals surface area contributed by atoms with Gasteiger partial charge in [0.15, 0.2) is 17.3 Å². The van der Waals surface area contributed by atoms with E-state index in [1.807, 2.05) is 17.5 Å². The van der Waals surface area contributed by atoms with Crippen LogP contribution in [0.15, 0.2) is 22.9 Å². The second-order valence-corrected chi connectivity index (χ2v) is 6.22. The number of rotatable bonds is 3. The Balaban J connectivity index is 1.54. The van der Waals surface area contributed by atoms with Crippen LogP contribution in [0.4, 0.5) is 5.95 Å². The van der Waals surface area contributed by atoms with E-state index in [1.165, 1.54) is 11.3 Å². The Kier molecular flexibility index (Phi) is 3.28. The number of H-pyrrole nitrogens is 1. The summed E-state index contributed by atoms with van der Waals surface area (Å²) in [5, 5.41) is 13.2. The molecule has 1 aliphatic heterocycles. The first-order valence-electron chi connectivity index (χ1n) is 6.46. The van der Waals surface area contributed by atoms with Crippen molar-refractivity contribution >= 4 is 34.5 Å². The molecule has 0 fully saturated rings. The molecule has 3 aromatic heterocycles. The molecule has 22 heavy (non-hydrogen) atoms. The molecule has 0 aliphatic carbocycles.